The molecular weight excluding hydrogens is 274 g/mol. The van der Waals surface area contributed by atoms with Gasteiger partial charge in [-0.15, -0.1) is 0 Å². The van der Waals surface area contributed by atoms with Crippen LogP contribution in [0.1, 0.15) is 16.7 Å². The molecule has 0 aromatic heterocycles. The lowest BCUT2D eigenvalue weighted by Crippen LogP contribution is -2.20. The minimum Gasteiger partial charge on any atom is -0.481 e. The number of aliphatic carboxylic acids is 1. The van der Waals surface area contributed by atoms with E-state index in [1.807, 2.05) is 31.2 Å². The van der Waals surface area contributed by atoms with Gasteiger partial charge in [0.25, 0.3) is 0 Å². The van der Waals surface area contributed by atoms with Gasteiger partial charge in [-0.05, 0) is 54.7 Å². The highest BCUT2D eigenvalue weighted by atomic mass is 19.1. The van der Waals surface area contributed by atoms with Crippen LogP contribution in [0.2, 0.25) is 0 Å². The molecule has 0 saturated carbocycles. The summed E-state index contributed by atoms with van der Waals surface area (Å²) in [5.41, 5.74) is 1.99. The molecular formula is C17H16F2O2. The summed E-state index contributed by atoms with van der Waals surface area (Å²) in [7, 11) is 0. The first kappa shape index (κ1) is 15.2. The largest absolute Gasteiger partial charge is 0.481 e. The molecule has 0 amide bonds. The van der Waals surface area contributed by atoms with Crippen LogP contribution in [-0.2, 0) is 17.6 Å². The third-order valence-corrected chi connectivity index (χ3v) is 3.55. The van der Waals surface area contributed by atoms with Gasteiger partial charge < -0.3 is 5.11 Å². The molecule has 0 aliphatic carbocycles. The fourth-order valence-corrected chi connectivity index (χ4v) is 2.32. The van der Waals surface area contributed by atoms with Gasteiger partial charge in [-0.25, -0.2) is 8.78 Å². The van der Waals surface area contributed by atoms with Crippen molar-refractivity contribution in [2.24, 2.45) is 5.92 Å². The number of benzene rings is 2. The first-order valence-corrected chi connectivity index (χ1v) is 6.68. The second-order valence-electron chi connectivity index (χ2n) is 5.11. The number of rotatable bonds is 5. The molecule has 0 radical (unpaired) electrons. The number of hydrogen-bond acceptors (Lipinski definition) is 1. The van der Waals surface area contributed by atoms with Crippen molar-refractivity contribution in [3.05, 3.63) is 70.8 Å². The molecule has 0 spiro atoms. The number of hydrogen-bond donors (Lipinski definition) is 1. The molecule has 1 atom stereocenters. The lowest BCUT2D eigenvalue weighted by Gasteiger charge is -2.14. The van der Waals surface area contributed by atoms with E-state index in [9.17, 15) is 18.7 Å². The molecule has 0 fully saturated rings. The number of carboxylic acid groups (broad SMARTS) is 1. The summed E-state index contributed by atoms with van der Waals surface area (Å²) >= 11 is 0. The van der Waals surface area contributed by atoms with Crippen LogP contribution >= 0.6 is 0 Å². The Kier molecular flexibility index (Phi) is 4.68. The van der Waals surface area contributed by atoms with E-state index in [1.165, 1.54) is 0 Å². The maximum atomic E-state index is 13.7. The monoisotopic (exact) mass is 290 g/mol. The molecule has 2 nitrogen and oxygen atoms in total. The van der Waals surface area contributed by atoms with Gasteiger partial charge in [0.15, 0.2) is 0 Å². The van der Waals surface area contributed by atoms with E-state index >= 15 is 0 Å². The highest BCUT2D eigenvalue weighted by molar-refractivity contribution is 5.71. The molecule has 110 valence electrons. The lowest BCUT2D eigenvalue weighted by atomic mass is 9.90. The molecule has 2 aromatic rings. The standard InChI is InChI=1S/C17H16F2O2/c1-11-4-2-3-5-12(11)8-14(17(20)21)9-13-10-15(18)6-7-16(13)19/h2-7,10,14H,8-9H2,1H3,(H,20,21). The van der Waals surface area contributed by atoms with Crippen LogP contribution in [0.4, 0.5) is 8.78 Å². The average Bonchev–Trinajstić information content (AvgIpc) is 2.44. The van der Waals surface area contributed by atoms with Crippen molar-refractivity contribution < 1.29 is 18.7 Å². The molecule has 2 rings (SSSR count). The fraction of sp³-hybridized carbons (Fsp3) is 0.235. The number of halogens is 2. The highest BCUT2D eigenvalue weighted by Crippen LogP contribution is 2.20. The van der Waals surface area contributed by atoms with Crippen LogP contribution in [0.15, 0.2) is 42.5 Å². The zero-order valence-corrected chi connectivity index (χ0v) is 11.6. The molecule has 4 heteroatoms. The number of carboxylic acids is 1. The summed E-state index contributed by atoms with van der Waals surface area (Å²) in [6.45, 7) is 1.90. The Labute approximate surface area is 122 Å². The minimum absolute atomic E-state index is 0.0345. The first-order chi connectivity index (χ1) is 9.97. The van der Waals surface area contributed by atoms with Gasteiger partial charge in [-0.3, -0.25) is 4.79 Å². The first-order valence-electron chi connectivity index (χ1n) is 6.68. The van der Waals surface area contributed by atoms with Crippen molar-refractivity contribution in [3.8, 4) is 0 Å². The molecule has 0 aliphatic heterocycles. The molecule has 0 aliphatic rings. The second-order valence-corrected chi connectivity index (χ2v) is 5.11. The fourth-order valence-electron chi connectivity index (χ4n) is 2.32. The Morgan fingerprint density at radius 2 is 1.76 bits per heavy atom. The Hall–Kier alpha value is -2.23. The Morgan fingerprint density at radius 1 is 1.10 bits per heavy atom. The van der Waals surface area contributed by atoms with Gasteiger partial charge in [0.1, 0.15) is 11.6 Å². The summed E-state index contributed by atoms with van der Waals surface area (Å²) in [6, 6.07) is 10.6. The average molecular weight is 290 g/mol. The third kappa shape index (κ3) is 3.88. The van der Waals surface area contributed by atoms with Crippen LogP contribution in [0, 0.1) is 24.5 Å². The van der Waals surface area contributed by atoms with Gasteiger partial charge >= 0.3 is 5.97 Å². The highest BCUT2D eigenvalue weighted by Gasteiger charge is 2.21. The van der Waals surface area contributed by atoms with E-state index in [1.54, 1.807) is 0 Å². The van der Waals surface area contributed by atoms with Crippen LogP contribution in [0.3, 0.4) is 0 Å². The summed E-state index contributed by atoms with van der Waals surface area (Å²) in [6.07, 6.45) is 0.255. The van der Waals surface area contributed by atoms with Crippen molar-refractivity contribution >= 4 is 5.97 Å². The van der Waals surface area contributed by atoms with Gasteiger partial charge in [-0.1, -0.05) is 24.3 Å². The number of aryl methyl sites for hydroxylation is 1. The summed E-state index contributed by atoms with van der Waals surface area (Å²) in [4.78, 5) is 11.4. The van der Waals surface area contributed by atoms with Crippen LogP contribution in [-0.4, -0.2) is 11.1 Å². The molecule has 0 bridgehead atoms. The topological polar surface area (TPSA) is 37.3 Å². The van der Waals surface area contributed by atoms with Crippen LogP contribution < -0.4 is 0 Å². The van der Waals surface area contributed by atoms with E-state index < -0.39 is 23.5 Å². The predicted octanol–water partition coefficient (Wildman–Crippen LogP) is 3.76. The van der Waals surface area contributed by atoms with Crippen molar-refractivity contribution in [3.63, 3.8) is 0 Å². The van der Waals surface area contributed by atoms with Crippen molar-refractivity contribution in [2.45, 2.75) is 19.8 Å². The van der Waals surface area contributed by atoms with Crippen molar-refractivity contribution in [2.75, 3.05) is 0 Å². The van der Waals surface area contributed by atoms with E-state index in [4.69, 9.17) is 0 Å². The van der Waals surface area contributed by atoms with E-state index in [-0.39, 0.29) is 18.4 Å². The van der Waals surface area contributed by atoms with Gasteiger partial charge in [0, 0.05) is 0 Å². The lowest BCUT2D eigenvalue weighted by molar-refractivity contribution is -0.141. The predicted molar refractivity (Wildman–Crippen MR) is 76.1 cm³/mol. The molecule has 21 heavy (non-hydrogen) atoms. The summed E-state index contributed by atoms with van der Waals surface area (Å²) < 4.78 is 26.8. The summed E-state index contributed by atoms with van der Waals surface area (Å²) in [5.74, 6) is -2.94. The normalized spacial score (nSPS) is 12.1. The second kappa shape index (κ2) is 6.48. The summed E-state index contributed by atoms with van der Waals surface area (Å²) in [5, 5.41) is 9.33. The molecule has 0 saturated heterocycles. The smallest absolute Gasteiger partial charge is 0.307 e. The van der Waals surface area contributed by atoms with Gasteiger partial charge in [0.05, 0.1) is 5.92 Å². The zero-order valence-electron chi connectivity index (χ0n) is 11.6. The Bertz CT molecular complexity index is 653. The molecule has 1 unspecified atom stereocenters. The van der Waals surface area contributed by atoms with Crippen molar-refractivity contribution in [1.82, 2.24) is 0 Å². The minimum atomic E-state index is -1.01. The number of carbonyl (C=O) groups is 1. The zero-order chi connectivity index (χ0) is 15.4. The van der Waals surface area contributed by atoms with Gasteiger partial charge in [0.2, 0.25) is 0 Å². The Morgan fingerprint density at radius 3 is 2.43 bits per heavy atom. The van der Waals surface area contributed by atoms with Crippen molar-refractivity contribution in [1.29, 1.82) is 0 Å². The van der Waals surface area contributed by atoms with Crippen LogP contribution in [0.5, 0.6) is 0 Å². The van der Waals surface area contributed by atoms with Crippen LogP contribution in [0.25, 0.3) is 0 Å². The quantitative estimate of drug-likeness (QED) is 0.910. The molecule has 0 heterocycles. The maximum absolute atomic E-state index is 13.7. The third-order valence-electron chi connectivity index (χ3n) is 3.55. The van der Waals surface area contributed by atoms with Gasteiger partial charge in [-0.2, -0.15) is 0 Å². The van der Waals surface area contributed by atoms with E-state index in [0.29, 0.717) is 0 Å². The molecule has 2 aromatic carbocycles. The SMILES string of the molecule is Cc1ccccc1CC(Cc1cc(F)ccc1F)C(=O)O. The maximum Gasteiger partial charge on any atom is 0.307 e. The molecule has 1 N–H and O–H groups in total. The van der Waals surface area contributed by atoms with E-state index in [2.05, 4.69) is 0 Å². The Balaban J connectivity index is 2.22. The van der Waals surface area contributed by atoms with E-state index in [0.717, 1.165) is 29.3 Å².